The summed E-state index contributed by atoms with van der Waals surface area (Å²) >= 11 is 5.92. The van der Waals surface area contributed by atoms with E-state index in [2.05, 4.69) is 9.71 Å². The summed E-state index contributed by atoms with van der Waals surface area (Å²) in [7, 11) is -1.94. The average Bonchev–Trinajstić information content (AvgIpc) is 2.99. The van der Waals surface area contributed by atoms with Gasteiger partial charge in [0.25, 0.3) is 0 Å². The second-order valence-corrected chi connectivity index (χ2v) is 7.47. The zero-order valence-corrected chi connectivity index (χ0v) is 14.5. The molecule has 5 nitrogen and oxygen atoms in total. The summed E-state index contributed by atoms with van der Waals surface area (Å²) in [5, 5.41) is 0.367. The van der Waals surface area contributed by atoms with Crippen LogP contribution < -0.4 is 4.72 Å². The number of sulfonamides is 1. The highest BCUT2D eigenvalue weighted by atomic mass is 35.5. The van der Waals surface area contributed by atoms with Crippen LogP contribution in [-0.2, 0) is 17.1 Å². The molecule has 0 saturated heterocycles. The summed E-state index contributed by atoms with van der Waals surface area (Å²) in [5.74, 6) is 0.604. The molecule has 1 heterocycles. The van der Waals surface area contributed by atoms with E-state index in [1.165, 1.54) is 12.1 Å². The lowest BCUT2D eigenvalue weighted by atomic mass is 10.1. The Balaban J connectivity index is 2.03. The zero-order chi connectivity index (χ0) is 17.2. The van der Waals surface area contributed by atoms with Crippen LogP contribution in [0.15, 0.2) is 71.9 Å². The maximum absolute atomic E-state index is 12.8. The fourth-order valence-electron chi connectivity index (χ4n) is 2.43. The SMILES string of the molecule is Cn1ccnc1[C@@H](NS(=O)(=O)c1cccc(Cl)c1)c1ccccc1. The minimum absolute atomic E-state index is 0.116. The fourth-order valence-corrected chi connectivity index (χ4v) is 3.91. The van der Waals surface area contributed by atoms with Gasteiger partial charge in [-0.15, -0.1) is 0 Å². The van der Waals surface area contributed by atoms with Crippen LogP contribution in [0.25, 0.3) is 0 Å². The Morgan fingerprint density at radius 2 is 1.88 bits per heavy atom. The summed E-state index contributed by atoms with van der Waals surface area (Å²) in [6.07, 6.45) is 3.41. The third-order valence-corrected chi connectivity index (χ3v) is 5.28. The minimum atomic E-state index is -3.76. The van der Waals surface area contributed by atoms with E-state index < -0.39 is 16.1 Å². The molecule has 0 saturated carbocycles. The number of aromatic nitrogens is 2. The lowest BCUT2D eigenvalue weighted by molar-refractivity contribution is 0.563. The van der Waals surface area contributed by atoms with Gasteiger partial charge in [-0.3, -0.25) is 0 Å². The number of rotatable bonds is 5. The van der Waals surface area contributed by atoms with Crippen LogP contribution in [-0.4, -0.2) is 18.0 Å². The molecule has 0 aliphatic carbocycles. The van der Waals surface area contributed by atoms with Gasteiger partial charge in [-0.2, -0.15) is 4.72 Å². The normalized spacial score (nSPS) is 12.9. The Kier molecular flexibility index (Phi) is 4.71. The first-order valence-electron chi connectivity index (χ1n) is 7.27. The van der Waals surface area contributed by atoms with Crippen molar-refractivity contribution < 1.29 is 8.42 Å². The first-order valence-corrected chi connectivity index (χ1v) is 9.13. The third kappa shape index (κ3) is 3.51. The number of imidazole rings is 1. The molecule has 124 valence electrons. The molecule has 7 heteroatoms. The molecule has 0 amide bonds. The van der Waals surface area contributed by atoms with E-state index in [0.29, 0.717) is 10.8 Å². The molecule has 1 atom stereocenters. The molecule has 0 spiro atoms. The van der Waals surface area contributed by atoms with Gasteiger partial charge in [-0.1, -0.05) is 48.0 Å². The second-order valence-electron chi connectivity index (χ2n) is 5.32. The lowest BCUT2D eigenvalue weighted by Gasteiger charge is -2.19. The predicted octanol–water partition coefficient (Wildman–Crippen LogP) is 3.14. The maximum Gasteiger partial charge on any atom is 0.241 e. The second kappa shape index (κ2) is 6.76. The van der Waals surface area contributed by atoms with E-state index in [4.69, 9.17) is 11.6 Å². The first kappa shape index (κ1) is 16.7. The Hall–Kier alpha value is -2.15. The van der Waals surface area contributed by atoms with Gasteiger partial charge in [0.05, 0.1) is 4.90 Å². The van der Waals surface area contributed by atoms with Gasteiger partial charge in [-0.25, -0.2) is 13.4 Å². The quantitative estimate of drug-likeness (QED) is 0.759. The Labute approximate surface area is 146 Å². The Morgan fingerprint density at radius 3 is 2.50 bits per heavy atom. The third-order valence-electron chi connectivity index (χ3n) is 3.63. The van der Waals surface area contributed by atoms with Crippen molar-refractivity contribution in [2.75, 3.05) is 0 Å². The van der Waals surface area contributed by atoms with Crippen LogP contribution in [0, 0.1) is 0 Å². The highest BCUT2D eigenvalue weighted by Crippen LogP contribution is 2.24. The van der Waals surface area contributed by atoms with Crippen molar-refractivity contribution in [3.8, 4) is 0 Å². The summed E-state index contributed by atoms with van der Waals surface area (Å²) in [6, 6.07) is 14.9. The van der Waals surface area contributed by atoms with Gasteiger partial charge in [0, 0.05) is 24.5 Å². The monoisotopic (exact) mass is 361 g/mol. The highest BCUT2D eigenvalue weighted by molar-refractivity contribution is 7.89. The number of nitrogens with one attached hydrogen (secondary N) is 1. The minimum Gasteiger partial charge on any atom is -0.336 e. The lowest BCUT2D eigenvalue weighted by Crippen LogP contribution is -2.31. The van der Waals surface area contributed by atoms with E-state index in [0.717, 1.165) is 5.56 Å². The van der Waals surface area contributed by atoms with Crippen molar-refractivity contribution >= 4 is 21.6 Å². The molecule has 1 N–H and O–H groups in total. The van der Waals surface area contributed by atoms with Gasteiger partial charge in [0.1, 0.15) is 11.9 Å². The van der Waals surface area contributed by atoms with Crippen molar-refractivity contribution in [3.05, 3.63) is 83.4 Å². The predicted molar refractivity (Wildman–Crippen MR) is 93.3 cm³/mol. The van der Waals surface area contributed by atoms with Crippen LogP contribution in [0.1, 0.15) is 17.4 Å². The molecule has 0 aliphatic heterocycles. The van der Waals surface area contributed by atoms with Crippen LogP contribution in [0.4, 0.5) is 0 Å². The largest absolute Gasteiger partial charge is 0.336 e. The number of halogens is 1. The van der Waals surface area contributed by atoms with Gasteiger partial charge in [0.2, 0.25) is 10.0 Å². The fraction of sp³-hybridized carbons (Fsp3) is 0.118. The van der Waals surface area contributed by atoms with Gasteiger partial charge >= 0.3 is 0 Å². The first-order chi connectivity index (χ1) is 11.5. The van der Waals surface area contributed by atoms with Crippen molar-refractivity contribution in [1.29, 1.82) is 0 Å². The molecule has 0 fully saturated rings. The molecule has 2 aromatic carbocycles. The number of nitrogens with zero attached hydrogens (tertiary/aromatic N) is 2. The van der Waals surface area contributed by atoms with Crippen molar-refractivity contribution in [3.63, 3.8) is 0 Å². The van der Waals surface area contributed by atoms with Crippen LogP contribution in [0.2, 0.25) is 5.02 Å². The van der Waals surface area contributed by atoms with Crippen LogP contribution in [0.5, 0.6) is 0 Å². The summed E-state index contributed by atoms with van der Waals surface area (Å²) in [5.41, 5.74) is 0.803. The van der Waals surface area contributed by atoms with E-state index in [1.54, 1.807) is 29.1 Å². The van der Waals surface area contributed by atoms with Crippen LogP contribution in [0.3, 0.4) is 0 Å². The van der Waals surface area contributed by atoms with E-state index in [1.807, 2.05) is 37.4 Å². The molecule has 0 radical (unpaired) electrons. The maximum atomic E-state index is 12.8. The van der Waals surface area contributed by atoms with Crippen molar-refractivity contribution in [2.45, 2.75) is 10.9 Å². The number of hydrogen-bond acceptors (Lipinski definition) is 3. The van der Waals surface area contributed by atoms with Crippen molar-refractivity contribution in [1.82, 2.24) is 14.3 Å². The molecular weight excluding hydrogens is 346 g/mol. The Morgan fingerprint density at radius 1 is 1.12 bits per heavy atom. The number of aryl methyl sites for hydroxylation is 1. The van der Waals surface area contributed by atoms with E-state index in [9.17, 15) is 8.42 Å². The summed E-state index contributed by atoms with van der Waals surface area (Å²) in [6.45, 7) is 0. The molecular formula is C17H16ClN3O2S. The number of benzene rings is 2. The molecule has 0 aliphatic rings. The molecule has 3 rings (SSSR count). The van der Waals surface area contributed by atoms with Gasteiger partial charge in [-0.05, 0) is 23.8 Å². The highest BCUT2D eigenvalue weighted by Gasteiger charge is 2.25. The molecule has 1 aromatic heterocycles. The van der Waals surface area contributed by atoms with E-state index in [-0.39, 0.29) is 4.90 Å². The standard InChI is InChI=1S/C17H16ClN3O2S/c1-21-11-10-19-17(21)16(13-6-3-2-4-7-13)20-24(22,23)15-9-5-8-14(18)12-15/h2-12,16,20H,1H3/t16-/m0/s1. The smallest absolute Gasteiger partial charge is 0.241 e. The van der Waals surface area contributed by atoms with Gasteiger partial charge < -0.3 is 4.57 Å². The number of hydrogen-bond donors (Lipinski definition) is 1. The summed E-state index contributed by atoms with van der Waals surface area (Å²) < 4.78 is 30.1. The van der Waals surface area contributed by atoms with E-state index >= 15 is 0 Å². The molecule has 24 heavy (non-hydrogen) atoms. The molecule has 0 unspecified atom stereocenters. The van der Waals surface area contributed by atoms with Crippen molar-refractivity contribution in [2.24, 2.45) is 7.05 Å². The topological polar surface area (TPSA) is 64.0 Å². The molecule has 3 aromatic rings. The Bertz CT molecular complexity index is 939. The van der Waals surface area contributed by atoms with Crippen LogP contribution >= 0.6 is 11.6 Å². The zero-order valence-electron chi connectivity index (χ0n) is 12.9. The molecule has 0 bridgehead atoms. The average molecular weight is 362 g/mol. The summed E-state index contributed by atoms with van der Waals surface area (Å²) in [4.78, 5) is 4.41. The van der Waals surface area contributed by atoms with Gasteiger partial charge in [0.15, 0.2) is 0 Å².